The Balaban J connectivity index is 1.60. The number of ether oxygens (including phenoxy) is 2. The van der Waals surface area contributed by atoms with Crippen molar-refractivity contribution in [3.63, 3.8) is 0 Å². The summed E-state index contributed by atoms with van der Waals surface area (Å²) < 4.78 is 11.3. The summed E-state index contributed by atoms with van der Waals surface area (Å²) in [5.41, 5.74) is 4.15. The molecular weight excluding hydrogens is 362 g/mol. The third-order valence-electron chi connectivity index (χ3n) is 6.73. The van der Waals surface area contributed by atoms with Gasteiger partial charge in [-0.2, -0.15) is 0 Å². The number of aryl methyl sites for hydroxylation is 2. The number of benzene rings is 2. The van der Waals surface area contributed by atoms with Crippen molar-refractivity contribution >= 4 is 5.97 Å². The van der Waals surface area contributed by atoms with Gasteiger partial charge in [-0.3, -0.25) is 0 Å². The van der Waals surface area contributed by atoms with Crippen molar-refractivity contribution in [3.8, 4) is 5.75 Å². The summed E-state index contributed by atoms with van der Waals surface area (Å²) in [7, 11) is 3.89. The van der Waals surface area contributed by atoms with Gasteiger partial charge in [0.15, 0.2) is 0 Å². The molecule has 0 radical (unpaired) electrons. The number of carbonyl (C=O) groups excluding carboxylic acids is 1. The molecule has 0 aromatic heterocycles. The first kappa shape index (κ1) is 19.7. The summed E-state index contributed by atoms with van der Waals surface area (Å²) in [6, 6.07) is 14.4. The normalized spacial score (nSPS) is 24.0. The van der Waals surface area contributed by atoms with Gasteiger partial charge in [0.1, 0.15) is 11.5 Å². The molecule has 152 valence electrons. The quantitative estimate of drug-likeness (QED) is 0.703. The van der Waals surface area contributed by atoms with Crippen LogP contribution in [0.4, 0.5) is 0 Å². The zero-order valence-corrected chi connectivity index (χ0v) is 17.7. The van der Waals surface area contributed by atoms with E-state index in [9.17, 15) is 4.79 Å². The minimum Gasteiger partial charge on any atom is -0.496 e. The average Bonchev–Trinajstić information content (AvgIpc) is 3.05. The topological polar surface area (TPSA) is 38.8 Å². The Morgan fingerprint density at radius 2 is 1.93 bits per heavy atom. The van der Waals surface area contributed by atoms with Crippen molar-refractivity contribution in [1.82, 2.24) is 4.90 Å². The van der Waals surface area contributed by atoms with Gasteiger partial charge in [-0.25, -0.2) is 4.79 Å². The molecule has 4 heteroatoms. The second-order valence-electron chi connectivity index (χ2n) is 8.37. The third-order valence-corrected chi connectivity index (χ3v) is 6.73. The number of fused-ring (bicyclic) bond motifs is 1. The molecule has 29 heavy (non-hydrogen) atoms. The number of methoxy groups -OCH3 is 1. The highest BCUT2D eigenvalue weighted by molar-refractivity contribution is 5.91. The zero-order chi connectivity index (χ0) is 20.6. The van der Waals surface area contributed by atoms with Crippen LogP contribution in [0.3, 0.4) is 0 Å². The second-order valence-corrected chi connectivity index (χ2v) is 8.37. The van der Waals surface area contributed by atoms with Gasteiger partial charge in [-0.05, 0) is 75.2 Å². The van der Waals surface area contributed by atoms with Gasteiger partial charge in [-0.1, -0.05) is 30.3 Å². The van der Waals surface area contributed by atoms with E-state index >= 15 is 0 Å². The van der Waals surface area contributed by atoms with Crippen LogP contribution in [0, 0.1) is 13.8 Å². The lowest BCUT2D eigenvalue weighted by Gasteiger charge is -2.41. The molecule has 0 saturated carbocycles. The van der Waals surface area contributed by atoms with Gasteiger partial charge >= 0.3 is 5.97 Å². The monoisotopic (exact) mass is 391 g/mol. The standard InChI is InChI=1S/C25H29NO3/c1-17-7-5-6-8-21(17)24(27)29-20-11-12-25(13-14-26(3)23(25)16-20)19-9-10-22(28-4)18(2)15-19/h5-11,15,23H,12-14,16H2,1-4H3. The van der Waals surface area contributed by atoms with Crippen LogP contribution in [-0.4, -0.2) is 37.6 Å². The first-order valence-electron chi connectivity index (χ1n) is 10.3. The predicted molar refractivity (Wildman–Crippen MR) is 114 cm³/mol. The van der Waals surface area contributed by atoms with Gasteiger partial charge < -0.3 is 14.4 Å². The second kappa shape index (κ2) is 7.68. The van der Waals surface area contributed by atoms with Crippen molar-refractivity contribution in [2.24, 2.45) is 0 Å². The molecule has 2 atom stereocenters. The third kappa shape index (κ3) is 3.46. The van der Waals surface area contributed by atoms with Crippen molar-refractivity contribution in [1.29, 1.82) is 0 Å². The van der Waals surface area contributed by atoms with Crippen LogP contribution < -0.4 is 4.74 Å². The Hall–Kier alpha value is -2.59. The molecule has 0 amide bonds. The first-order chi connectivity index (χ1) is 13.9. The van der Waals surface area contributed by atoms with Crippen molar-refractivity contribution < 1.29 is 14.3 Å². The van der Waals surface area contributed by atoms with Gasteiger partial charge in [0, 0.05) is 17.9 Å². The molecule has 4 nitrogen and oxygen atoms in total. The number of likely N-dealkylation sites (N-methyl/N-ethyl adjacent to an activating group) is 1. The lowest BCUT2D eigenvalue weighted by Crippen LogP contribution is -2.43. The van der Waals surface area contributed by atoms with Crippen LogP contribution in [0.1, 0.15) is 46.3 Å². The van der Waals surface area contributed by atoms with Crippen molar-refractivity contribution in [2.75, 3.05) is 20.7 Å². The van der Waals surface area contributed by atoms with E-state index in [1.165, 1.54) is 5.56 Å². The van der Waals surface area contributed by atoms with E-state index in [4.69, 9.17) is 9.47 Å². The molecule has 1 fully saturated rings. The van der Waals surface area contributed by atoms with Gasteiger partial charge in [0.05, 0.1) is 12.7 Å². The van der Waals surface area contributed by atoms with Crippen LogP contribution in [0.2, 0.25) is 0 Å². The number of hydrogen-bond acceptors (Lipinski definition) is 4. The van der Waals surface area contributed by atoms with Crippen LogP contribution in [0.25, 0.3) is 0 Å². The predicted octanol–water partition coefficient (Wildman–Crippen LogP) is 4.79. The fourth-order valence-electron chi connectivity index (χ4n) is 4.98. The molecule has 2 aromatic carbocycles. The van der Waals surface area contributed by atoms with Gasteiger partial charge in [0.2, 0.25) is 0 Å². The van der Waals surface area contributed by atoms with Crippen molar-refractivity contribution in [3.05, 3.63) is 76.6 Å². The maximum Gasteiger partial charge on any atom is 0.343 e. The zero-order valence-electron chi connectivity index (χ0n) is 17.7. The summed E-state index contributed by atoms with van der Waals surface area (Å²) in [4.78, 5) is 15.1. The number of nitrogens with zero attached hydrogens (tertiary/aromatic N) is 1. The summed E-state index contributed by atoms with van der Waals surface area (Å²) in [5, 5.41) is 0. The maximum absolute atomic E-state index is 12.7. The number of esters is 1. The Bertz CT molecular complexity index is 964. The van der Waals surface area contributed by atoms with E-state index < -0.39 is 0 Å². The maximum atomic E-state index is 12.7. The Labute approximate surface area is 173 Å². The number of allylic oxidation sites excluding steroid dienone is 1. The molecule has 2 aliphatic rings. The SMILES string of the molecule is COc1ccc(C23CC=C(OC(=O)c4ccccc4C)CC2N(C)CC3)cc1C. The van der Waals surface area contributed by atoms with Crippen LogP contribution in [0.5, 0.6) is 5.75 Å². The van der Waals surface area contributed by atoms with E-state index in [-0.39, 0.29) is 11.4 Å². The average molecular weight is 392 g/mol. The first-order valence-corrected chi connectivity index (χ1v) is 10.3. The Kier molecular flexibility index (Phi) is 5.22. The molecule has 1 heterocycles. The van der Waals surface area contributed by atoms with E-state index in [1.807, 2.05) is 31.2 Å². The highest BCUT2D eigenvalue weighted by atomic mass is 16.5. The molecule has 1 aliphatic carbocycles. The lowest BCUT2D eigenvalue weighted by molar-refractivity contribution is 0.0579. The summed E-state index contributed by atoms with van der Waals surface area (Å²) in [6.07, 6.45) is 4.87. The molecule has 1 saturated heterocycles. The Morgan fingerprint density at radius 3 is 2.66 bits per heavy atom. The minimum atomic E-state index is -0.261. The van der Waals surface area contributed by atoms with Crippen LogP contribution >= 0.6 is 0 Å². The lowest BCUT2D eigenvalue weighted by atomic mass is 9.68. The van der Waals surface area contributed by atoms with Gasteiger partial charge in [-0.15, -0.1) is 0 Å². The molecule has 2 aromatic rings. The largest absolute Gasteiger partial charge is 0.496 e. The van der Waals surface area contributed by atoms with E-state index in [1.54, 1.807) is 7.11 Å². The fourth-order valence-corrected chi connectivity index (χ4v) is 4.98. The molecule has 2 unspecified atom stereocenters. The number of hydrogen-bond donors (Lipinski definition) is 0. The highest BCUT2D eigenvalue weighted by Gasteiger charge is 2.49. The highest BCUT2D eigenvalue weighted by Crippen LogP contribution is 2.48. The molecule has 0 N–H and O–H groups in total. The van der Waals surface area contributed by atoms with E-state index in [0.29, 0.717) is 11.6 Å². The van der Waals surface area contributed by atoms with Gasteiger partial charge in [0.25, 0.3) is 0 Å². The molecule has 1 aliphatic heterocycles. The van der Waals surface area contributed by atoms with E-state index in [2.05, 4.69) is 43.1 Å². The summed E-state index contributed by atoms with van der Waals surface area (Å²) in [5.74, 6) is 1.45. The smallest absolute Gasteiger partial charge is 0.343 e. The fraction of sp³-hybridized carbons (Fsp3) is 0.400. The number of carbonyl (C=O) groups is 1. The molecule has 0 bridgehead atoms. The molecule has 4 rings (SSSR count). The Morgan fingerprint density at radius 1 is 1.14 bits per heavy atom. The minimum absolute atomic E-state index is 0.0599. The van der Waals surface area contributed by atoms with Crippen molar-refractivity contribution in [2.45, 2.75) is 44.6 Å². The summed E-state index contributed by atoms with van der Waals surface area (Å²) in [6.45, 7) is 5.08. The summed E-state index contributed by atoms with van der Waals surface area (Å²) >= 11 is 0. The van der Waals surface area contributed by atoms with Crippen LogP contribution in [-0.2, 0) is 10.2 Å². The van der Waals surface area contributed by atoms with E-state index in [0.717, 1.165) is 48.4 Å². The molecule has 0 spiro atoms. The molecular formula is C25H29NO3. The number of rotatable bonds is 4. The van der Waals surface area contributed by atoms with Crippen LogP contribution in [0.15, 0.2) is 54.3 Å². The number of likely N-dealkylation sites (tertiary alicyclic amines) is 1.